The molecule has 2 aliphatic rings. The zero-order chi connectivity index (χ0) is 27.4. The molecule has 0 radical (unpaired) electrons. The minimum Gasteiger partial charge on any atom is -0.441 e. The van der Waals surface area contributed by atoms with Gasteiger partial charge in [0.1, 0.15) is 17.7 Å². The maximum absolute atomic E-state index is 14.3. The van der Waals surface area contributed by atoms with Gasteiger partial charge >= 0.3 is 12.1 Å². The molecule has 2 N–H and O–H groups in total. The molecule has 2 atom stereocenters. The highest BCUT2D eigenvalue weighted by Crippen LogP contribution is 2.37. The van der Waals surface area contributed by atoms with E-state index in [1.54, 1.807) is 0 Å². The minimum absolute atomic E-state index is 0.0934. The Balaban J connectivity index is 1.31. The van der Waals surface area contributed by atoms with Crippen LogP contribution in [0.25, 0.3) is 0 Å². The maximum atomic E-state index is 14.3. The van der Waals surface area contributed by atoms with Gasteiger partial charge in [-0.3, -0.25) is 0 Å². The van der Waals surface area contributed by atoms with Gasteiger partial charge in [-0.25, -0.2) is 32.1 Å². The quantitative estimate of drug-likeness (QED) is 0.414. The van der Waals surface area contributed by atoms with Crippen LogP contribution in [0.1, 0.15) is 36.4 Å². The fraction of sp³-hybridized carbons (Fsp3) is 0.423. The Morgan fingerprint density at radius 1 is 1.11 bits per heavy atom. The summed E-state index contributed by atoms with van der Waals surface area (Å²) in [6, 6.07) is 6.41. The molecule has 2 saturated heterocycles. The fourth-order valence-electron chi connectivity index (χ4n) is 5.00. The number of imide groups is 1. The molecule has 2 aromatic carbocycles. The number of nitriles is 1. The number of benzene rings is 2. The molecule has 0 aromatic heterocycles. The molecule has 2 fully saturated rings. The summed E-state index contributed by atoms with van der Waals surface area (Å²) in [5, 5.41) is 22.0. The number of piperidine rings is 1. The van der Waals surface area contributed by atoms with Gasteiger partial charge in [-0.2, -0.15) is 5.26 Å². The van der Waals surface area contributed by atoms with E-state index in [-0.39, 0.29) is 17.7 Å². The summed E-state index contributed by atoms with van der Waals surface area (Å²) in [5.74, 6) is -3.71. The standard InChI is InChI=1S/C26H26F4N4O4/c27-17-3-4-18(20(29)13-17)26(15-31)6-10-33(11-7-26)9-1-8-32-24(36)34-23(22(14-35)38-25(34)37)16-2-5-19(28)21(30)12-16/h2-5,12-13,22-23,35H,1,6-11,14H2,(H,32,36). The number of urea groups is 1. The molecular formula is C26H26F4N4O4. The zero-order valence-electron chi connectivity index (χ0n) is 20.3. The van der Waals surface area contributed by atoms with Crippen LogP contribution in [0.3, 0.4) is 0 Å². The predicted octanol–water partition coefficient (Wildman–Crippen LogP) is 3.75. The Kier molecular flexibility index (Phi) is 8.18. The molecule has 3 amide bonds. The molecular weight excluding hydrogens is 508 g/mol. The summed E-state index contributed by atoms with van der Waals surface area (Å²) in [6.45, 7) is 1.08. The van der Waals surface area contributed by atoms with E-state index >= 15 is 0 Å². The van der Waals surface area contributed by atoms with Crippen LogP contribution in [-0.4, -0.2) is 65.9 Å². The summed E-state index contributed by atoms with van der Waals surface area (Å²) in [7, 11) is 0. The zero-order valence-corrected chi connectivity index (χ0v) is 20.3. The van der Waals surface area contributed by atoms with Crippen molar-refractivity contribution < 1.29 is 37.0 Å². The Morgan fingerprint density at radius 3 is 2.47 bits per heavy atom. The SMILES string of the molecule is N#CC1(c2ccc(F)cc2F)CCN(CCCNC(=O)N2C(=O)OC(CO)C2c2ccc(F)c(F)c2)CC1. The normalized spacial score (nSPS) is 21.2. The Labute approximate surface area is 216 Å². The van der Waals surface area contributed by atoms with Crippen LogP contribution in [0.2, 0.25) is 0 Å². The molecule has 4 rings (SSSR count). The van der Waals surface area contributed by atoms with E-state index in [1.165, 1.54) is 12.1 Å². The second-order valence-corrected chi connectivity index (χ2v) is 9.34. The first-order valence-electron chi connectivity index (χ1n) is 12.1. The van der Waals surface area contributed by atoms with Gasteiger partial charge in [0.25, 0.3) is 0 Å². The lowest BCUT2D eigenvalue weighted by Crippen LogP contribution is -2.45. The first-order chi connectivity index (χ1) is 18.2. The van der Waals surface area contributed by atoms with Crippen molar-refractivity contribution in [2.24, 2.45) is 0 Å². The third kappa shape index (κ3) is 5.44. The summed E-state index contributed by atoms with van der Waals surface area (Å²) in [6.07, 6.45) is -0.961. The predicted molar refractivity (Wildman–Crippen MR) is 126 cm³/mol. The highest BCUT2D eigenvalue weighted by molar-refractivity contribution is 5.93. The lowest BCUT2D eigenvalue weighted by Gasteiger charge is -2.37. The Bertz CT molecular complexity index is 1250. The van der Waals surface area contributed by atoms with E-state index in [4.69, 9.17) is 4.74 Å². The highest BCUT2D eigenvalue weighted by atomic mass is 19.2. The maximum Gasteiger partial charge on any atom is 0.419 e. The number of aliphatic hydroxyl groups is 1. The van der Waals surface area contributed by atoms with Crippen LogP contribution >= 0.6 is 0 Å². The van der Waals surface area contributed by atoms with Crippen LogP contribution in [0.15, 0.2) is 36.4 Å². The molecule has 0 aliphatic carbocycles. The fourth-order valence-corrected chi connectivity index (χ4v) is 5.00. The first kappa shape index (κ1) is 27.3. The van der Waals surface area contributed by atoms with Gasteiger partial charge in [0.2, 0.25) is 0 Å². The molecule has 2 heterocycles. The van der Waals surface area contributed by atoms with Crippen molar-refractivity contribution >= 4 is 12.1 Å². The van der Waals surface area contributed by atoms with Crippen LogP contribution in [0, 0.1) is 34.6 Å². The Hall–Kier alpha value is -3.69. The smallest absolute Gasteiger partial charge is 0.419 e. The van der Waals surface area contributed by atoms with Gasteiger partial charge in [-0.05, 0) is 62.7 Å². The summed E-state index contributed by atoms with van der Waals surface area (Å²) < 4.78 is 59.8. The highest BCUT2D eigenvalue weighted by Gasteiger charge is 2.46. The molecule has 0 saturated carbocycles. The first-order valence-corrected chi connectivity index (χ1v) is 12.1. The van der Waals surface area contributed by atoms with Crippen molar-refractivity contribution in [2.75, 3.05) is 32.8 Å². The van der Waals surface area contributed by atoms with Crippen molar-refractivity contribution in [2.45, 2.75) is 36.8 Å². The lowest BCUT2D eigenvalue weighted by molar-refractivity contribution is 0.0827. The average Bonchev–Trinajstić information content (AvgIpc) is 3.25. The van der Waals surface area contributed by atoms with Crippen LogP contribution in [-0.2, 0) is 10.2 Å². The minimum atomic E-state index is -1.16. The second-order valence-electron chi connectivity index (χ2n) is 9.34. The number of aliphatic hydroxyl groups excluding tert-OH is 1. The van der Waals surface area contributed by atoms with Gasteiger partial charge in [0.15, 0.2) is 17.7 Å². The summed E-state index contributed by atoms with van der Waals surface area (Å²) in [4.78, 5) is 27.9. The van der Waals surface area contributed by atoms with Gasteiger partial charge in [0.05, 0.1) is 18.1 Å². The van der Waals surface area contributed by atoms with Crippen molar-refractivity contribution in [1.29, 1.82) is 5.26 Å². The van der Waals surface area contributed by atoms with Crippen LogP contribution in [0.4, 0.5) is 27.2 Å². The number of amides is 3. The van der Waals surface area contributed by atoms with Crippen LogP contribution in [0.5, 0.6) is 0 Å². The molecule has 2 aliphatic heterocycles. The molecule has 12 heteroatoms. The van der Waals surface area contributed by atoms with E-state index in [0.29, 0.717) is 38.9 Å². The number of carbonyl (C=O) groups is 2. The van der Waals surface area contributed by atoms with Gasteiger partial charge in [0, 0.05) is 18.2 Å². The molecule has 2 aromatic rings. The number of hydrogen-bond acceptors (Lipinski definition) is 6. The van der Waals surface area contributed by atoms with Gasteiger partial charge < -0.3 is 20.1 Å². The number of halogens is 4. The third-order valence-electron chi connectivity index (χ3n) is 7.06. The molecule has 38 heavy (non-hydrogen) atoms. The largest absolute Gasteiger partial charge is 0.441 e. The number of likely N-dealkylation sites (tertiary alicyclic amines) is 1. The van der Waals surface area contributed by atoms with E-state index in [9.17, 15) is 37.5 Å². The lowest BCUT2D eigenvalue weighted by atomic mass is 9.73. The van der Waals surface area contributed by atoms with E-state index in [0.717, 1.165) is 29.2 Å². The molecule has 202 valence electrons. The van der Waals surface area contributed by atoms with Gasteiger partial charge in [-0.1, -0.05) is 12.1 Å². The second kappa shape index (κ2) is 11.4. The number of rotatable bonds is 7. The number of hydrogen-bond donors (Lipinski definition) is 2. The van der Waals surface area contributed by atoms with Crippen molar-refractivity contribution in [3.63, 3.8) is 0 Å². The van der Waals surface area contributed by atoms with E-state index in [1.807, 2.05) is 0 Å². The number of nitrogens with one attached hydrogen (secondary N) is 1. The van der Waals surface area contributed by atoms with Crippen molar-refractivity contribution in [3.8, 4) is 6.07 Å². The molecule has 0 bridgehead atoms. The number of cyclic esters (lactones) is 1. The van der Waals surface area contributed by atoms with Crippen molar-refractivity contribution in [3.05, 3.63) is 70.8 Å². The monoisotopic (exact) mass is 534 g/mol. The van der Waals surface area contributed by atoms with Gasteiger partial charge in [-0.15, -0.1) is 0 Å². The summed E-state index contributed by atoms with van der Waals surface area (Å²) in [5.41, 5.74) is -0.769. The molecule has 8 nitrogen and oxygen atoms in total. The topological polar surface area (TPSA) is 106 Å². The number of nitrogens with zero attached hydrogens (tertiary/aromatic N) is 3. The summed E-state index contributed by atoms with van der Waals surface area (Å²) >= 11 is 0. The molecule has 0 spiro atoms. The van der Waals surface area contributed by atoms with Crippen LogP contribution < -0.4 is 5.32 Å². The van der Waals surface area contributed by atoms with Crippen molar-refractivity contribution in [1.82, 2.24) is 15.1 Å². The average molecular weight is 535 g/mol. The van der Waals surface area contributed by atoms with E-state index in [2.05, 4.69) is 16.3 Å². The Morgan fingerprint density at radius 2 is 1.84 bits per heavy atom. The molecule has 2 unspecified atom stereocenters. The number of carbonyl (C=O) groups excluding carboxylic acids is 2. The van der Waals surface area contributed by atoms with E-state index < -0.39 is 59.6 Å². The number of ether oxygens (including phenoxy) is 1. The third-order valence-corrected chi connectivity index (χ3v) is 7.06.